The standard InChI is InChI=1S/C14H25NO2/c1-14(2)6-10-8-15(3)9-11(7-14)12(10)4-5-13(16)17/h10-12H,4-9H2,1-3H3,(H,16,17). The summed E-state index contributed by atoms with van der Waals surface area (Å²) in [5.41, 5.74) is 0.455. The van der Waals surface area contributed by atoms with Gasteiger partial charge in [-0.15, -0.1) is 0 Å². The minimum atomic E-state index is -0.638. The first-order valence-corrected chi connectivity index (χ1v) is 6.78. The van der Waals surface area contributed by atoms with Crippen molar-refractivity contribution in [2.45, 2.75) is 39.5 Å². The van der Waals surface area contributed by atoms with Crippen LogP contribution in [-0.2, 0) is 4.79 Å². The highest BCUT2D eigenvalue weighted by atomic mass is 16.4. The molecule has 2 unspecified atom stereocenters. The molecule has 0 spiro atoms. The number of aliphatic carboxylic acids is 1. The van der Waals surface area contributed by atoms with E-state index in [1.807, 2.05) is 0 Å². The number of rotatable bonds is 3. The number of fused-ring (bicyclic) bond motifs is 2. The summed E-state index contributed by atoms with van der Waals surface area (Å²) < 4.78 is 0. The molecule has 0 amide bonds. The van der Waals surface area contributed by atoms with Crippen LogP contribution in [0.25, 0.3) is 0 Å². The van der Waals surface area contributed by atoms with E-state index in [-0.39, 0.29) is 0 Å². The van der Waals surface area contributed by atoms with Gasteiger partial charge in [-0.25, -0.2) is 0 Å². The number of hydrogen-bond donors (Lipinski definition) is 1. The molecule has 2 fully saturated rings. The number of piperidine rings is 1. The number of carbonyl (C=O) groups is 1. The van der Waals surface area contributed by atoms with Crippen molar-refractivity contribution >= 4 is 5.97 Å². The number of nitrogens with zero attached hydrogens (tertiary/aromatic N) is 1. The van der Waals surface area contributed by atoms with Crippen molar-refractivity contribution in [3.63, 3.8) is 0 Å². The molecule has 2 rings (SSSR count). The summed E-state index contributed by atoms with van der Waals surface area (Å²) in [6.07, 6.45) is 3.76. The van der Waals surface area contributed by atoms with E-state index in [9.17, 15) is 4.79 Å². The van der Waals surface area contributed by atoms with Crippen LogP contribution < -0.4 is 0 Å². The smallest absolute Gasteiger partial charge is 0.303 e. The van der Waals surface area contributed by atoms with Gasteiger partial charge in [0.2, 0.25) is 0 Å². The van der Waals surface area contributed by atoms with Crippen LogP contribution in [-0.4, -0.2) is 36.1 Å². The summed E-state index contributed by atoms with van der Waals surface area (Å²) >= 11 is 0. The Balaban J connectivity index is 2.05. The molecule has 1 aliphatic carbocycles. The fourth-order valence-corrected chi connectivity index (χ4v) is 4.23. The summed E-state index contributed by atoms with van der Waals surface area (Å²) in [7, 11) is 2.20. The minimum Gasteiger partial charge on any atom is -0.481 e. The van der Waals surface area contributed by atoms with E-state index in [1.165, 1.54) is 12.8 Å². The van der Waals surface area contributed by atoms with Crippen molar-refractivity contribution in [3.8, 4) is 0 Å². The zero-order chi connectivity index (χ0) is 12.6. The Morgan fingerprint density at radius 2 is 1.82 bits per heavy atom. The van der Waals surface area contributed by atoms with Crippen molar-refractivity contribution in [3.05, 3.63) is 0 Å². The third kappa shape index (κ3) is 3.01. The molecule has 0 aromatic carbocycles. The predicted molar refractivity (Wildman–Crippen MR) is 67.9 cm³/mol. The molecule has 17 heavy (non-hydrogen) atoms. The summed E-state index contributed by atoms with van der Waals surface area (Å²) in [4.78, 5) is 13.2. The molecule has 0 radical (unpaired) electrons. The average Bonchev–Trinajstić information content (AvgIpc) is 2.12. The van der Waals surface area contributed by atoms with Gasteiger partial charge in [-0.2, -0.15) is 0 Å². The zero-order valence-corrected chi connectivity index (χ0v) is 11.3. The van der Waals surface area contributed by atoms with Crippen LogP contribution in [0.3, 0.4) is 0 Å². The molecule has 3 heteroatoms. The molecule has 0 aromatic heterocycles. The normalized spacial score (nSPS) is 36.8. The number of carboxylic acid groups (broad SMARTS) is 1. The van der Waals surface area contributed by atoms with E-state index >= 15 is 0 Å². The van der Waals surface area contributed by atoms with E-state index in [2.05, 4.69) is 25.8 Å². The molecular formula is C14H25NO2. The Hall–Kier alpha value is -0.570. The highest BCUT2D eigenvalue weighted by Gasteiger charge is 2.44. The molecule has 2 atom stereocenters. The van der Waals surface area contributed by atoms with Crippen molar-refractivity contribution in [1.82, 2.24) is 4.90 Å². The highest BCUT2D eigenvalue weighted by molar-refractivity contribution is 5.66. The Morgan fingerprint density at radius 3 is 2.29 bits per heavy atom. The number of likely N-dealkylation sites (tertiary alicyclic amines) is 1. The molecule has 1 heterocycles. The van der Waals surface area contributed by atoms with Gasteiger partial charge in [-0.1, -0.05) is 13.8 Å². The lowest BCUT2D eigenvalue weighted by molar-refractivity contribution is -0.138. The van der Waals surface area contributed by atoms with E-state index in [1.54, 1.807) is 0 Å². The maximum atomic E-state index is 10.7. The second-order valence-corrected chi connectivity index (χ2v) is 6.91. The van der Waals surface area contributed by atoms with Gasteiger partial charge in [0, 0.05) is 19.5 Å². The fraction of sp³-hybridized carbons (Fsp3) is 0.929. The van der Waals surface area contributed by atoms with Crippen molar-refractivity contribution in [1.29, 1.82) is 0 Å². The Bertz CT molecular complexity index is 283. The van der Waals surface area contributed by atoms with Crippen molar-refractivity contribution < 1.29 is 9.90 Å². The minimum absolute atomic E-state index is 0.349. The van der Waals surface area contributed by atoms with Gasteiger partial charge in [-0.3, -0.25) is 4.79 Å². The Kier molecular flexibility index (Phi) is 3.48. The molecule has 1 aliphatic heterocycles. The predicted octanol–water partition coefficient (Wildman–Crippen LogP) is 2.47. The van der Waals surface area contributed by atoms with E-state index in [0.29, 0.717) is 29.6 Å². The fourth-order valence-electron chi connectivity index (χ4n) is 4.23. The molecule has 1 saturated carbocycles. The Labute approximate surface area is 104 Å². The quantitative estimate of drug-likeness (QED) is 0.822. The lowest BCUT2D eigenvalue weighted by Gasteiger charge is -2.52. The van der Waals surface area contributed by atoms with Crippen molar-refractivity contribution in [2.24, 2.45) is 23.2 Å². The maximum Gasteiger partial charge on any atom is 0.303 e. The average molecular weight is 239 g/mol. The third-order valence-electron chi connectivity index (χ3n) is 4.62. The first-order valence-electron chi connectivity index (χ1n) is 6.78. The number of hydrogen-bond acceptors (Lipinski definition) is 2. The largest absolute Gasteiger partial charge is 0.481 e. The SMILES string of the molecule is CN1CC2CC(C)(C)CC(C1)C2CCC(=O)O. The lowest BCUT2D eigenvalue weighted by atomic mass is 9.59. The van der Waals surface area contributed by atoms with Crippen molar-refractivity contribution in [2.75, 3.05) is 20.1 Å². The lowest BCUT2D eigenvalue weighted by Crippen LogP contribution is -2.50. The molecular weight excluding hydrogens is 214 g/mol. The molecule has 2 bridgehead atoms. The zero-order valence-electron chi connectivity index (χ0n) is 11.3. The van der Waals surface area contributed by atoms with Gasteiger partial charge in [0.25, 0.3) is 0 Å². The molecule has 3 nitrogen and oxygen atoms in total. The summed E-state index contributed by atoms with van der Waals surface area (Å²) in [6.45, 7) is 7.05. The highest BCUT2D eigenvalue weighted by Crippen LogP contribution is 2.49. The van der Waals surface area contributed by atoms with Crippen LogP contribution in [0.15, 0.2) is 0 Å². The summed E-state index contributed by atoms with van der Waals surface area (Å²) in [6, 6.07) is 0. The van der Waals surface area contributed by atoms with Gasteiger partial charge in [0.15, 0.2) is 0 Å². The van der Waals surface area contributed by atoms with Crippen LogP contribution in [0.1, 0.15) is 39.5 Å². The first kappa shape index (κ1) is 12.9. The molecule has 1 saturated heterocycles. The first-order chi connectivity index (χ1) is 7.87. The topological polar surface area (TPSA) is 40.5 Å². The maximum absolute atomic E-state index is 10.7. The second kappa shape index (κ2) is 4.60. The van der Waals surface area contributed by atoms with Gasteiger partial charge in [0.1, 0.15) is 0 Å². The van der Waals surface area contributed by atoms with E-state index in [0.717, 1.165) is 19.5 Å². The van der Waals surface area contributed by atoms with Crippen LogP contribution in [0.2, 0.25) is 0 Å². The van der Waals surface area contributed by atoms with Gasteiger partial charge >= 0.3 is 5.97 Å². The van der Waals surface area contributed by atoms with Crippen LogP contribution in [0.4, 0.5) is 0 Å². The third-order valence-corrected chi connectivity index (χ3v) is 4.62. The van der Waals surface area contributed by atoms with Gasteiger partial charge < -0.3 is 10.0 Å². The van der Waals surface area contributed by atoms with Crippen LogP contribution >= 0.6 is 0 Å². The van der Waals surface area contributed by atoms with E-state index < -0.39 is 5.97 Å². The molecule has 1 N–H and O–H groups in total. The number of carboxylic acids is 1. The van der Waals surface area contributed by atoms with Crippen LogP contribution in [0.5, 0.6) is 0 Å². The summed E-state index contributed by atoms with van der Waals surface area (Å²) in [5.74, 6) is 1.43. The monoisotopic (exact) mass is 239 g/mol. The molecule has 98 valence electrons. The summed E-state index contributed by atoms with van der Waals surface area (Å²) in [5, 5.41) is 8.85. The second-order valence-electron chi connectivity index (χ2n) is 6.91. The van der Waals surface area contributed by atoms with E-state index in [4.69, 9.17) is 5.11 Å². The molecule has 2 aliphatic rings. The van der Waals surface area contributed by atoms with Gasteiger partial charge in [-0.05, 0) is 49.5 Å². The van der Waals surface area contributed by atoms with Gasteiger partial charge in [0.05, 0.1) is 0 Å². The van der Waals surface area contributed by atoms with Crippen LogP contribution in [0, 0.1) is 23.2 Å². The molecule has 0 aromatic rings. The Morgan fingerprint density at radius 1 is 1.29 bits per heavy atom.